The van der Waals surface area contributed by atoms with Crippen LogP contribution in [0.3, 0.4) is 0 Å². The second kappa shape index (κ2) is 5.68. The minimum Gasteiger partial charge on any atom is -0.381 e. The zero-order chi connectivity index (χ0) is 13.1. The standard InChI is InChI=1S/C14H30N2O/c1-6-13(2,3)16(4)14(11-15)9-7-12(17-5)8-10-14/h12H,6-11,15H2,1-5H3. The Balaban J connectivity index is 2.77. The topological polar surface area (TPSA) is 38.5 Å². The van der Waals surface area contributed by atoms with Crippen molar-refractivity contribution in [2.45, 2.75) is 70.1 Å². The van der Waals surface area contributed by atoms with Crippen molar-refractivity contribution in [1.82, 2.24) is 4.90 Å². The summed E-state index contributed by atoms with van der Waals surface area (Å²) in [6, 6.07) is 0. The van der Waals surface area contributed by atoms with Crippen LogP contribution in [0.1, 0.15) is 52.9 Å². The quantitative estimate of drug-likeness (QED) is 0.804. The molecule has 0 aromatic carbocycles. The summed E-state index contributed by atoms with van der Waals surface area (Å²) >= 11 is 0. The van der Waals surface area contributed by atoms with Gasteiger partial charge in [-0.15, -0.1) is 0 Å². The van der Waals surface area contributed by atoms with Gasteiger partial charge in [0, 0.05) is 24.7 Å². The van der Waals surface area contributed by atoms with E-state index in [-0.39, 0.29) is 11.1 Å². The molecule has 0 aromatic heterocycles. The van der Waals surface area contributed by atoms with Gasteiger partial charge in [0.15, 0.2) is 0 Å². The Morgan fingerprint density at radius 2 is 1.88 bits per heavy atom. The van der Waals surface area contributed by atoms with Gasteiger partial charge in [-0.1, -0.05) is 6.92 Å². The van der Waals surface area contributed by atoms with E-state index < -0.39 is 0 Å². The van der Waals surface area contributed by atoms with Crippen molar-refractivity contribution in [3.63, 3.8) is 0 Å². The van der Waals surface area contributed by atoms with Gasteiger partial charge in [0.1, 0.15) is 0 Å². The molecule has 0 heterocycles. The number of methoxy groups -OCH3 is 1. The summed E-state index contributed by atoms with van der Waals surface area (Å²) in [4.78, 5) is 2.52. The molecule has 0 aliphatic heterocycles. The fourth-order valence-electron chi connectivity index (χ4n) is 2.92. The molecule has 0 unspecified atom stereocenters. The molecule has 0 bridgehead atoms. The molecular weight excluding hydrogens is 212 g/mol. The fourth-order valence-corrected chi connectivity index (χ4v) is 2.92. The highest BCUT2D eigenvalue weighted by molar-refractivity contribution is 4.99. The molecule has 3 heteroatoms. The van der Waals surface area contributed by atoms with Crippen LogP contribution in [0.15, 0.2) is 0 Å². The first-order valence-electron chi connectivity index (χ1n) is 6.88. The van der Waals surface area contributed by atoms with Gasteiger partial charge in [-0.2, -0.15) is 0 Å². The van der Waals surface area contributed by atoms with Crippen molar-refractivity contribution < 1.29 is 4.74 Å². The zero-order valence-electron chi connectivity index (χ0n) is 12.3. The van der Waals surface area contributed by atoms with E-state index >= 15 is 0 Å². The summed E-state index contributed by atoms with van der Waals surface area (Å²) in [5.74, 6) is 0. The molecule has 0 atom stereocenters. The number of hydrogen-bond acceptors (Lipinski definition) is 3. The molecule has 1 saturated carbocycles. The third kappa shape index (κ3) is 3.01. The number of nitrogens with two attached hydrogens (primary N) is 1. The summed E-state index contributed by atoms with van der Waals surface area (Å²) in [6.45, 7) is 7.63. The Hall–Kier alpha value is -0.120. The number of hydrogen-bond donors (Lipinski definition) is 1. The van der Waals surface area contributed by atoms with Crippen molar-refractivity contribution in [2.75, 3.05) is 20.7 Å². The minimum atomic E-state index is 0.175. The monoisotopic (exact) mass is 242 g/mol. The van der Waals surface area contributed by atoms with Crippen LogP contribution in [0.2, 0.25) is 0 Å². The van der Waals surface area contributed by atoms with Crippen LogP contribution in [0.5, 0.6) is 0 Å². The highest BCUT2D eigenvalue weighted by Crippen LogP contribution is 2.37. The lowest BCUT2D eigenvalue weighted by molar-refractivity contribution is -0.0373. The lowest BCUT2D eigenvalue weighted by atomic mass is 9.76. The fraction of sp³-hybridized carbons (Fsp3) is 1.00. The summed E-state index contributed by atoms with van der Waals surface area (Å²) in [6.07, 6.45) is 6.17. The van der Waals surface area contributed by atoms with E-state index in [1.54, 1.807) is 0 Å². The third-order valence-electron chi connectivity index (χ3n) is 5.06. The molecule has 3 nitrogen and oxygen atoms in total. The molecule has 17 heavy (non-hydrogen) atoms. The molecule has 2 N–H and O–H groups in total. The Morgan fingerprint density at radius 3 is 2.24 bits per heavy atom. The predicted octanol–water partition coefficient (Wildman–Crippen LogP) is 2.39. The SMILES string of the molecule is CCC(C)(C)N(C)C1(CN)CCC(OC)CC1. The van der Waals surface area contributed by atoms with E-state index in [0.29, 0.717) is 6.10 Å². The van der Waals surface area contributed by atoms with Crippen molar-refractivity contribution in [3.05, 3.63) is 0 Å². The van der Waals surface area contributed by atoms with Crippen molar-refractivity contribution >= 4 is 0 Å². The first-order valence-corrected chi connectivity index (χ1v) is 6.88. The Morgan fingerprint density at radius 1 is 1.35 bits per heavy atom. The maximum Gasteiger partial charge on any atom is 0.0572 e. The highest BCUT2D eigenvalue weighted by Gasteiger charge is 2.42. The molecule has 0 saturated heterocycles. The lowest BCUT2D eigenvalue weighted by Gasteiger charge is -2.52. The van der Waals surface area contributed by atoms with Crippen molar-refractivity contribution in [1.29, 1.82) is 0 Å². The molecule has 1 aliphatic rings. The Labute approximate surface area is 107 Å². The molecule has 0 aromatic rings. The van der Waals surface area contributed by atoms with Gasteiger partial charge in [-0.05, 0) is 53.0 Å². The molecule has 0 amide bonds. The predicted molar refractivity (Wildman–Crippen MR) is 73.2 cm³/mol. The van der Waals surface area contributed by atoms with Gasteiger partial charge in [-0.25, -0.2) is 0 Å². The number of rotatable bonds is 5. The van der Waals surface area contributed by atoms with Gasteiger partial charge < -0.3 is 10.5 Å². The van der Waals surface area contributed by atoms with Gasteiger partial charge in [0.05, 0.1) is 6.10 Å². The van der Waals surface area contributed by atoms with Crippen LogP contribution < -0.4 is 5.73 Å². The van der Waals surface area contributed by atoms with Crippen LogP contribution in [0.25, 0.3) is 0 Å². The lowest BCUT2D eigenvalue weighted by Crippen LogP contribution is -2.61. The first-order chi connectivity index (χ1) is 7.91. The van der Waals surface area contributed by atoms with Crippen LogP contribution in [-0.4, -0.2) is 42.8 Å². The van der Waals surface area contributed by atoms with E-state index in [9.17, 15) is 0 Å². The number of likely N-dealkylation sites (N-methyl/N-ethyl adjacent to an activating group) is 1. The molecule has 1 rings (SSSR count). The largest absolute Gasteiger partial charge is 0.381 e. The van der Waals surface area contributed by atoms with Gasteiger partial charge in [0.25, 0.3) is 0 Å². The van der Waals surface area contributed by atoms with Crippen molar-refractivity contribution in [2.24, 2.45) is 5.73 Å². The molecular formula is C14H30N2O. The second-order valence-corrected chi connectivity index (χ2v) is 6.09. The molecule has 0 spiro atoms. The number of ether oxygens (including phenoxy) is 1. The highest BCUT2D eigenvalue weighted by atomic mass is 16.5. The molecule has 1 fully saturated rings. The van der Waals surface area contributed by atoms with Crippen LogP contribution >= 0.6 is 0 Å². The Bertz CT molecular complexity index is 232. The summed E-state index contributed by atoms with van der Waals surface area (Å²) in [7, 11) is 4.06. The maximum atomic E-state index is 6.09. The molecule has 1 aliphatic carbocycles. The normalized spacial score (nSPS) is 30.9. The number of nitrogens with zero attached hydrogens (tertiary/aromatic N) is 1. The van der Waals surface area contributed by atoms with Crippen molar-refractivity contribution in [3.8, 4) is 0 Å². The maximum absolute atomic E-state index is 6.09. The van der Waals surface area contributed by atoms with E-state index in [2.05, 4.69) is 32.7 Å². The third-order valence-corrected chi connectivity index (χ3v) is 5.06. The summed E-state index contributed by atoms with van der Waals surface area (Å²) in [5.41, 5.74) is 6.49. The summed E-state index contributed by atoms with van der Waals surface area (Å²) in [5, 5.41) is 0. The van der Waals surface area contributed by atoms with Gasteiger partial charge in [0.2, 0.25) is 0 Å². The Kier molecular flexibility index (Phi) is 4.99. The minimum absolute atomic E-state index is 0.175. The van der Waals surface area contributed by atoms with Crippen LogP contribution in [-0.2, 0) is 4.74 Å². The molecule has 102 valence electrons. The van der Waals surface area contributed by atoms with E-state index in [0.717, 1.165) is 38.6 Å². The molecule has 0 radical (unpaired) electrons. The van der Waals surface area contributed by atoms with Gasteiger partial charge >= 0.3 is 0 Å². The summed E-state index contributed by atoms with van der Waals surface area (Å²) < 4.78 is 5.46. The van der Waals surface area contributed by atoms with Gasteiger partial charge in [-0.3, -0.25) is 4.90 Å². The van der Waals surface area contributed by atoms with E-state index in [1.165, 1.54) is 0 Å². The van der Waals surface area contributed by atoms with Crippen LogP contribution in [0, 0.1) is 0 Å². The second-order valence-electron chi connectivity index (χ2n) is 6.09. The van der Waals surface area contributed by atoms with Crippen LogP contribution in [0.4, 0.5) is 0 Å². The average molecular weight is 242 g/mol. The van der Waals surface area contributed by atoms with E-state index in [4.69, 9.17) is 10.5 Å². The first kappa shape index (κ1) is 14.9. The zero-order valence-corrected chi connectivity index (χ0v) is 12.3. The van der Waals surface area contributed by atoms with E-state index in [1.807, 2.05) is 7.11 Å². The smallest absolute Gasteiger partial charge is 0.0572 e. The average Bonchev–Trinajstić information content (AvgIpc) is 2.38.